The highest BCUT2D eigenvalue weighted by molar-refractivity contribution is 5.77. The van der Waals surface area contributed by atoms with E-state index in [4.69, 9.17) is 4.74 Å². The highest BCUT2D eigenvalue weighted by Crippen LogP contribution is 2.31. The molecule has 0 bridgehead atoms. The molecule has 3 rings (SSSR count). The number of ether oxygens (including phenoxy) is 1. The second kappa shape index (κ2) is 7.40. The van der Waals surface area contributed by atoms with Gasteiger partial charge in [0.2, 0.25) is 11.7 Å². The molecule has 0 aromatic carbocycles. The van der Waals surface area contributed by atoms with E-state index < -0.39 is 12.1 Å². The lowest BCUT2D eigenvalue weighted by Crippen LogP contribution is -2.40. The Kier molecular flexibility index (Phi) is 5.21. The molecule has 0 unspecified atom stereocenters. The van der Waals surface area contributed by atoms with E-state index >= 15 is 0 Å². The van der Waals surface area contributed by atoms with Crippen LogP contribution in [-0.4, -0.2) is 52.7 Å². The summed E-state index contributed by atoms with van der Waals surface area (Å²) in [4.78, 5) is 21.1. The number of carbonyl (C=O) groups is 1. The average molecular weight is 370 g/mol. The second-order valence-corrected chi connectivity index (χ2v) is 6.01. The van der Waals surface area contributed by atoms with Gasteiger partial charge in [0.25, 0.3) is 0 Å². The maximum Gasteiger partial charge on any atom is 0.471 e. The van der Waals surface area contributed by atoms with E-state index in [0.717, 1.165) is 18.4 Å². The summed E-state index contributed by atoms with van der Waals surface area (Å²) in [6.45, 7) is 1.21. The van der Waals surface area contributed by atoms with E-state index in [-0.39, 0.29) is 30.0 Å². The summed E-state index contributed by atoms with van der Waals surface area (Å²) in [6.07, 6.45) is -1.52. The predicted molar refractivity (Wildman–Crippen MR) is 83.0 cm³/mol. The number of methoxy groups -OCH3 is 1. The summed E-state index contributed by atoms with van der Waals surface area (Å²) in [5, 5.41) is 3.36. The van der Waals surface area contributed by atoms with Crippen LogP contribution in [0.15, 0.2) is 22.9 Å². The molecule has 1 saturated heterocycles. The summed E-state index contributed by atoms with van der Waals surface area (Å²) < 4.78 is 46.9. The molecule has 0 aliphatic carbocycles. The number of carbonyl (C=O) groups excluding carboxylic acids is 1. The molecule has 140 valence electrons. The molecule has 1 amide bonds. The van der Waals surface area contributed by atoms with Crippen LogP contribution in [0.25, 0.3) is 11.5 Å². The van der Waals surface area contributed by atoms with Crippen LogP contribution in [0.5, 0.6) is 0 Å². The topological polar surface area (TPSA) is 81.4 Å². The first kappa shape index (κ1) is 18.3. The van der Waals surface area contributed by atoms with Gasteiger partial charge in [-0.2, -0.15) is 18.2 Å². The Bertz CT molecular complexity index is 778. The van der Waals surface area contributed by atoms with Crippen LogP contribution in [0.1, 0.15) is 30.2 Å². The maximum atomic E-state index is 12.6. The van der Waals surface area contributed by atoms with Crippen LogP contribution in [0, 0.1) is 0 Å². The number of alkyl halides is 3. The summed E-state index contributed by atoms with van der Waals surface area (Å²) in [7, 11) is 1.47. The van der Waals surface area contributed by atoms with E-state index in [1.807, 2.05) is 0 Å². The largest absolute Gasteiger partial charge is 0.471 e. The number of pyridine rings is 1. The van der Waals surface area contributed by atoms with E-state index in [1.54, 1.807) is 17.0 Å². The lowest BCUT2D eigenvalue weighted by molar-refractivity contribution is -0.159. The van der Waals surface area contributed by atoms with Gasteiger partial charge in [-0.15, -0.1) is 0 Å². The van der Waals surface area contributed by atoms with Gasteiger partial charge in [-0.3, -0.25) is 9.78 Å². The molecule has 0 spiro atoms. The molecular weight excluding hydrogens is 353 g/mol. The number of hydrogen-bond acceptors (Lipinski definition) is 6. The lowest BCUT2D eigenvalue weighted by Gasteiger charge is -2.33. The Morgan fingerprint density at radius 3 is 2.96 bits per heavy atom. The smallest absolute Gasteiger partial charge is 0.375 e. The molecule has 1 fully saturated rings. The molecule has 1 aliphatic heterocycles. The highest BCUT2D eigenvalue weighted by atomic mass is 19.4. The van der Waals surface area contributed by atoms with Gasteiger partial charge in [0.05, 0.1) is 0 Å². The van der Waals surface area contributed by atoms with Crippen molar-refractivity contribution in [1.82, 2.24) is 20.0 Å². The first-order chi connectivity index (χ1) is 12.4. The van der Waals surface area contributed by atoms with Crippen molar-refractivity contribution in [2.45, 2.75) is 24.9 Å². The molecule has 2 aromatic rings. The monoisotopic (exact) mass is 370 g/mol. The third-order valence-electron chi connectivity index (χ3n) is 4.19. The zero-order valence-corrected chi connectivity index (χ0v) is 14.0. The molecule has 0 saturated carbocycles. The highest BCUT2D eigenvalue weighted by Gasteiger charge is 2.38. The van der Waals surface area contributed by atoms with Crippen LogP contribution in [0.4, 0.5) is 13.2 Å². The van der Waals surface area contributed by atoms with Crippen LogP contribution in [0.2, 0.25) is 0 Å². The van der Waals surface area contributed by atoms with Crippen molar-refractivity contribution in [2.75, 3.05) is 26.8 Å². The quantitative estimate of drug-likeness (QED) is 0.823. The molecular formula is C16H17F3N4O3. The Labute approximate surface area is 147 Å². The van der Waals surface area contributed by atoms with Crippen molar-refractivity contribution in [3.05, 3.63) is 29.8 Å². The van der Waals surface area contributed by atoms with Crippen molar-refractivity contribution in [2.24, 2.45) is 0 Å². The number of rotatable bonds is 4. The van der Waals surface area contributed by atoms with E-state index in [2.05, 4.69) is 19.6 Å². The number of aromatic nitrogens is 3. The minimum absolute atomic E-state index is 0.0252. The van der Waals surface area contributed by atoms with Crippen molar-refractivity contribution < 1.29 is 27.2 Å². The molecule has 10 heteroatoms. The average Bonchev–Trinajstić information content (AvgIpc) is 3.13. The Hall–Kier alpha value is -2.49. The first-order valence-corrected chi connectivity index (χ1v) is 8.02. The summed E-state index contributed by atoms with van der Waals surface area (Å²) >= 11 is 0. The van der Waals surface area contributed by atoms with Crippen molar-refractivity contribution >= 4 is 5.91 Å². The summed E-state index contributed by atoms with van der Waals surface area (Å²) in [5.74, 6) is -1.66. The third kappa shape index (κ3) is 4.01. The van der Waals surface area contributed by atoms with Gasteiger partial charge in [0.1, 0.15) is 12.3 Å². The van der Waals surface area contributed by atoms with Crippen LogP contribution < -0.4 is 0 Å². The first-order valence-electron chi connectivity index (χ1n) is 8.02. The summed E-state index contributed by atoms with van der Waals surface area (Å²) in [6, 6.07) is 3.42. The molecule has 7 nitrogen and oxygen atoms in total. The van der Waals surface area contributed by atoms with Gasteiger partial charge >= 0.3 is 12.1 Å². The van der Waals surface area contributed by atoms with Gasteiger partial charge in [0.15, 0.2) is 0 Å². The second-order valence-electron chi connectivity index (χ2n) is 6.01. The fraction of sp³-hybridized carbons (Fsp3) is 0.500. The fourth-order valence-electron chi connectivity index (χ4n) is 2.96. The van der Waals surface area contributed by atoms with Crippen LogP contribution in [0.3, 0.4) is 0 Å². The zero-order chi connectivity index (χ0) is 18.7. The predicted octanol–water partition coefficient (Wildman–Crippen LogP) is 2.50. The van der Waals surface area contributed by atoms with E-state index in [0.29, 0.717) is 13.1 Å². The number of amides is 1. The van der Waals surface area contributed by atoms with E-state index in [1.165, 1.54) is 13.3 Å². The SMILES string of the molecule is COCC(=O)N1CCC[C@@H](c2ccnc(-c3noc(C(F)(F)F)n3)c2)C1. The molecule has 0 N–H and O–H groups in total. The number of likely N-dealkylation sites (tertiary alicyclic amines) is 1. The van der Waals surface area contributed by atoms with Crippen molar-refractivity contribution in [1.29, 1.82) is 0 Å². The minimum atomic E-state index is -4.70. The Morgan fingerprint density at radius 2 is 2.27 bits per heavy atom. The Balaban J connectivity index is 1.79. The van der Waals surface area contributed by atoms with Gasteiger partial charge in [-0.1, -0.05) is 5.16 Å². The van der Waals surface area contributed by atoms with Crippen molar-refractivity contribution in [3.8, 4) is 11.5 Å². The van der Waals surface area contributed by atoms with Gasteiger partial charge in [0, 0.05) is 32.3 Å². The molecule has 1 atom stereocenters. The number of nitrogens with zero attached hydrogens (tertiary/aromatic N) is 4. The Morgan fingerprint density at radius 1 is 1.46 bits per heavy atom. The molecule has 1 aliphatic rings. The van der Waals surface area contributed by atoms with Gasteiger partial charge < -0.3 is 14.2 Å². The minimum Gasteiger partial charge on any atom is -0.375 e. The normalized spacial score (nSPS) is 18.2. The zero-order valence-electron chi connectivity index (χ0n) is 14.0. The van der Waals surface area contributed by atoms with E-state index in [9.17, 15) is 18.0 Å². The van der Waals surface area contributed by atoms with Gasteiger partial charge in [-0.05, 0) is 30.5 Å². The maximum absolute atomic E-state index is 12.6. The molecule has 26 heavy (non-hydrogen) atoms. The van der Waals surface area contributed by atoms with Crippen molar-refractivity contribution in [3.63, 3.8) is 0 Å². The molecule has 2 aromatic heterocycles. The lowest BCUT2D eigenvalue weighted by atomic mass is 9.90. The van der Waals surface area contributed by atoms with Gasteiger partial charge in [-0.25, -0.2) is 0 Å². The van der Waals surface area contributed by atoms with Crippen LogP contribution >= 0.6 is 0 Å². The fourth-order valence-corrected chi connectivity index (χ4v) is 2.96. The number of hydrogen-bond donors (Lipinski definition) is 0. The molecule has 0 radical (unpaired) electrons. The van der Waals surface area contributed by atoms with Crippen LogP contribution in [-0.2, 0) is 15.7 Å². The molecule has 3 heterocycles. The standard InChI is InChI=1S/C16H17F3N4O3/c1-25-9-13(24)23-6-2-3-11(8-23)10-4-5-20-12(7-10)14-21-15(26-22-14)16(17,18)19/h4-5,7,11H,2-3,6,8-9H2,1H3/t11-/m1/s1. The third-order valence-corrected chi connectivity index (χ3v) is 4.19. The number of piperidine rings is 1. The summed E-state index contributed by atoms with van der Waals surface area (Å²) in [5.41, 5.74) is 1.06. The number of halogens is 3.